The summed E-state index contributed by atoms with van der Waals surface area (Å²) < 4.78 is 11.2. The van der Waals surface area contributed by atoms with E-state index in [1.165, 1.54) is 11.8 Å². The van der Waals surface area contributed by atoms with Gasteiger partial charge in [0.25, 0.3) is 0 Å². The second-order valence-electron chi connectivity index (χ2n) is 10.9. The van der Waals surface area contributed by atoms with E-state index in [1.807, 2.05) is 30.3 Å². The maximum Gasteiger partial charge on any atom is 0.411 e. The maximum absolute atomic E-state index is 13.3. The van der Waals surface area contributed by atoms with Crippen LogP contribution < -0.4 is 5.32 Å². The van der Waals surface area contributed by atoms with E-state index in [0.717, 1.165) is 11.3 Å². The first kappa shape index (κ1) is 28.8. The molecule has 1 aromatic rings. The van der Waals surface area contributed by atoms with Crippen molar-refractivity contribution in [3.05, 3.63) is 48.6 Å². The van der Waals surface area contributed by atoms with E-state index in [-0.39, 0.29) is 11.7 Å². The van der Waals surface area contributed by atoms with Gasteiger partial charge in [-0.2, -0.15) is 11.8 Å². The van der Waals surface area contributed by atoms with Crippen LogP contribution in [-0.4, -0.2) is 58.0 Å². The van der Waals surface area contributed by atoms with Crippen molar-refractivity contribution in [1.29, 1.82) is 0 Å². The van der Waals surface area contributed by atoms with Crippen LogP contribution in [0, 0.1) is 5.92 Å². The fourth-order valence-electron chi connectivity index (χ4n) is 4.14. The third-order valence-corrected chi connectivity index (χ3v) is 6.62. The number of hydrogen-bond acceptors (Lipinski definition) is 6. The van der Waals surface area contributed by atoms with Gasteiger partial charge in [-0.05, 0) is 60.5 Å². The molecule has 1 aromatic carbocycles. The molecule has 1 saturated heterocycles. The van der Waals surface area contributed by atoms with Crippen molar-refractivity contribution in [1.82, 2.24) is 10.2 Å². The average Bonchev–Trinajstić information content (AvgIpc) is 3.11. The summed E-state index contributed by atoms with van der Waals surface area (Å²) in [4.78, 5) is 40.2. The fraction of sp³-hybridized carbons (Fsp3) is 0.593. The van der Waals surface area contributed by atoms with Crippen LogP contribution in [0.15, 0.2) is 43.0 Å². The van der Waals surface area contributed by atoms with E-state index in [2.05, 4.69) is 11.9 Å². The number of nitrogens with one attached hydrogen (secondary N) is 1. The minimum Gasteiger partial charge on any atom is -0.444 e. The van der Waals surface area contributed by atoms with Crippen molar-refractivity contribution in [2.75, 3.05) is 5.75 Å². The molecular formula is C27H40N2O5S. The molecule has 2 rings (SSSR count). The number of ketones is 1. The third-order valence-electron chi connectivity index (χ3n) is 5.49. The van der Waals surface area contributed by atoms with Gasteiger partial charge in [0.1, 0.15) is 11.2 Å². The normalized spacial score (nSPS) is 21.2. The Bertz CT molecular complexity index is 891. The Labute approximate surface area is 214 Å². The average molecular weight is 505 g/mol. The minimum atomic E-state index is -0.731. The van der Waals surface area contributed by atoms with Crippen LogP contribution in [0.25, 0.3) is 0 Å². The summed E-state index contributed by atoms with van der Waals surface area (Å²) in [7, 11) is 0. The molecule has 4 unspecified atom stereocenters. The second kappa shape index (κ2) is 12.0. The van der Waals surface area contributed by atoms with E-state index in [0.29, 0.717) is 12.2 Å². The fourth-order valence-corrected chi connectivity index (χ4v) is 5.22. The molecule has 1 heterocycles. The summed E-state index contributed by atoms with van der Waals surface area (Å²) in [6.07, 6.45) is 1.05. The van der Waals surface area contributed by atoms with E-state index in [1.54, 1.807) is 59.4 Å². The van der Waals surface area contributed by atoms with Gasteiger partial charge >= 0.3 is 12.2 Å². The monoisotopic (exact) mass is 504 g/mol. The summed E-state index contributed by atoms with van der Waals surface area (Å²) in [6.45, 7) is 16.2. The van der Waals surface area contributed by atoms with Gasteiger partial charge in [-0.1, -0.05) is 36.4 Å². The molecule has 0 spiro atoms. The molecule has 1 aliphatic heterocycles. The molecule has 7 nitrogen and oxygen atoms in total. The molecule has 1 aliphatic rings. The Morgan fingerprint density at radius 1 is 1.11 bits per heavy atom. The number of nitrogens with zero attached hydrogens (tertiary/aromatic N) is 1. The standard InChI is InChI=1S/C27H40N2O5S/c1-9-20-15-22(18(2)30)29(25(32)34-27(6,7)8)23(20)21(28-24(31)33-26(3,4)5)17-35-16-19-13-11-10-12-14-19/h9-14,20-23H,1,15-17H2,2-8H3,(H,28,31). The number of rotatable bonds is 8. The highest BCUT2D eigenvalue weighted by Crippen LogP contribution is 2.36. The topological polar surface area (TPSA) is 84.9 Å². The van der Waals surface area contributed by atoms with Crippen molar-refractivity contribution in [3.63, 3.8) is 0 Å². The first-order chi connectivity index (χ1) is 16.2. The smallest absolute Gasteiger partial charge is 0.411 e. The Morgan fingerprint density at radius 3 is 2.23 bits per heavy atom. The van der Waals surface area contributed by atoms with Gasteiger partial charge in [0.05, 0.1) is 18.1 Å². The van der Waals surface area contributed by atoms with Crippen molar-refractivity contribution in [3.8, 4) is 0 Å². The van der Waals surface area contributed by atoms with Gasteiger partial charge in [-0.25, -0.2) is 9.59 Å². The summed E-state index contributed by atoms with van der Waals surface area (Å²) in [5.41, 5.74) is -0.247. The largest absolute Gasteiger partial charge is 0.444 e. The molecule has 0 aliphatic carbocycles. The van der Waals surface area contributed by atoms with Crippen LogP contribution >= 0.6 is 11.8 Å². The van der Waals surface area contributed by atoms with Gasteiger partial charge in [-0.15, -0.1) is 6.58 Å². The number of hydrogen-bond donors (Lipinski definition) is 1. The van der Waals surface area contributed by atoms with E-state index in [9.17, 15) is 14.4 Å². The quantitative estimate of drug-likeness (QED) is 0.465. The number of ether oxygens (including phenoxy) is 2. The molecule has 2 amide bonds. The van der Waals surface area contributed by atoms with Crippen LogP contribution in [0.4, 0.5) is 9.59 Å². The number of carbonyl (C=O) groups is 3. The molecule has 4 atom stereocenters. The Kier molecular flexibility index (Phi) is 9.84. The number of benzene rings is 1. The molecule has 1 fully saturated rings. The Hall–Kier alpha value is -2.48. The first-order valence-corrected chi connectivity index (χ1v) is 13.1. The summed E-state index contributed by atoms with van der Waals surface area (Å²) in [5, 5.41) is 2.98. The first-order valence-electron chi connectivity index (χ1n) is 12.0. The molecule has 35 heavy (non-hydrogen) atoms. The van der Waals surface area contributed by atoms with Crippen LogP contribution in [0.1, 0.15) is 60.5 Å². The molecule has 0 aromatic heterocycles. The molecule has 194 valence electrons. The lowest BCUT2D eigenvalue weighted by molar-refractivity contribution is -0.121. The highest BCUT2D eigenvalue weighted by atomic mass is 32.2. The lowest BCUT2D eigenvalue weighted by Crippen LogP contribution is -2.57. The summed E-state index contributed by atoms with van der Waals surface area (Å²) in [5.74, 6) is 0.918. The van der Waals surface area contributed by atoms with Gasteiger partial charge in [0.15, 0.2) is 5.78 Å². The molecule has 1 N–H and O–H groups in total. The number of thioether (sulfide) groups is 1. The van der Waals surface area contributed by atoms with E-state index >= 15 is 0 Å². The zero-order valence-corrected chi connectivity index (χ0v) is 22.8. The van der Waals surface area contributed by atoms with Gasteiger partial charge in [0, 0.05) is 17.4 Å². The lowest BCUT2D eigenvalue weighted by Gasteiger charge is -2.37. The molecule has 0 radical (unpaired) electrons. The van der Waals surface area contributed by atoms with Crippen LogP contribution in [-0.2, 0) is 20.0 Å². The van der Waals surface area contributed by atoms with Crippen molar-refractivity contribution in [2.24, 2.45) is 5.92 Å². The predicted octanol–water partition coefficient (Wildman–Crippen LogP) is 5.58. The van der Waals surface area contributed by atoms with E-state index in [4.69, 9.17) is 9.47 Å². The number of amides is 2. The number of likely N-dealkylation sites (tertiary alicyclic amines) is 1. The highest BCUT2D eigenvalue weighted by Gasteiger charge is 2.49. The summed E-state index contributed by atoms with van der Waals surface area (Å²) in [6, 6.07) is 8.38. The van der Waals surface area contributed by atoms with E-state index < -0.39 is 41.5 Å². The third kappa shape index (κ3) is 8.91. The summed E-state index contributed by atoms with van der Waals surface area (Å²) >= 11 is 1.64. The number of Topliss-reactive ketones (excluding diaryl/α,β-unsaturated/α-hetero) is 1. The van der Waals surface area contributed by atoms with Crippen LogP contribution in [0.2, 0.25) is 0 Å². The molecule has 8 heteroatoms. The zero-order chi connectivity index (χ0) is 26.4. The van der Waals surface area contributed by atoms with Gasteiger partial charge in [-0.3, -0.25) is 9.69 Å². The van der Waals surface area contributed by atoms with Crippen molar-refractivity contribution in [2.45, 2.75) is 90.0 Å². The zero-order valence-electron chi connectivity index (χ0n) is 22.0. The maximum atomic E-state index is 13.3. The van der Waals surface area contributed by atoms with Crippen molar-refractivity contribution < 1.29 is 23.9 Å². The molecular weight excluding hydrogens is 464 g/mol. The lowest BCUT2D eigenvalue weighted by atomic mass is 9.94. The van der Waals surface area contributed by atoms with Crippen LogP contribution in [0.5, 0.6) is 0 Å². The van der Waals surface area contributed by atoms with Crippen molar-refractivity contribution >= 4 is 29.7 Å². The van der Waals surface area contributed by atoms with Gasteiger partial charge < -0.3 is 14.8 Å². The number of carbonyl (C=O) groups excluding carboxylic acids is 3. The SMILES string of the molecule is C=CC1CC(C(C)=O)N(C(=O)OC(C)(C)C)C1C(CSCc1ccccc1)NC(=O)OC(C)(C)C. The van der Waals surface area contributed by atoms with Gasteiger partial charge in [0.2, 0.25) is 0 Å². The van der Waals surface area contributed by atoms with Crippen LogP contribution in [0.3, 0.4) is 0 Å². The minimum absolute atomic E-state index is 0.127. The molecule has 0 saturated carbocycles. The predicted molar refractivity (Wildman–Crippen MR) is 140 cm³/mol. The molecule has 0 bridgehead atoms. The highest BCUT2D eigenvalue weighted by molar-refractivity contribution is 7.98. The number of alkyl carbamates (subject to hydrolysis) is 1. The Morgan fingerprint density at radius 2 is 1.71 bits per heavy atom. The second-order valence-corrected chi connectivity index (χ2v) is 11.9. The Balaban J connectivity index is 2.37.